The summed E-state index contributed by atoms with van der Waals surface area (Å²) in [4.78, 5) is 25.4. The molecular formula is C17H14N4O2S. The molecule has 1 aromatic heterocycles. The van der Waals surface area contributed by atoms with E-state index in [1.54, 1.807) is 6.20 Å². The van der Waals surface area contributed by atoms with Crippen LogP contribution in [0, 0.1) is 0 Å². The van der Waals surface area contributed by atoms with E-state index in [1.165, 1.54) is 11.8 Å². The second kappa shape index (κ2) is 6.01. The van der Waals surface area contributed by atoms with Crippen LogP contribution in [0.3, 0.4) is 0 Å². The fraction of sp³-hybridized carbons (Fsp3) is 0.118. The van der Waals surface area contributed by atoms with Gasteiger partial charge in [-0.05, 0) is 30.3 Å². The topological polar surface area (TPSA) is 86.9 Å². The molecule has 7 heteroatoms. The average Bonchev–Trinajstić information content (AvgIpc) is 3.03. The highest BCUT2D eigenvalue weighted by atomic mass is 32.2. The fourth-order valence-corrected chi connectivity index (χ4v) is 3.74. The molecule has 0 saturated heterocycles. The number of anilines is 2. The number of H-pyrrole nitrogens is 1. The molecule has 3 N–H and O–H groups in total. The van der Waals surface area contributed by atoms with Crippen LogP contribution in [0.2, 0.25) is 0 Å². The Bertz CT molecular complexity index is 937. The molecule has 24 heavy (non-hydrogen) atoms. The van der Waals surface area contributed by atoms with Crippen LogP contribution in [-0.4, -0.2) is 27.3 Å². The highest BCUT2D eigenvalue weighted by molar-refractivity contribution is 8.01. The summed E-state index contributed by atoms with van der Waals surface area (Å²) in [6.45, 7) is 0. The van der Waals surface area contributed by atoms with Crippen LogP contribution < -0.4 is 10.6 Å². The van der Waals surface area contributed by atoms with E-state index in [4.69, 9.17) is 0 Å². The minimum Gasteiger partial charge on any atom is -0.326 e. The van der Waals surface area contributed by atoms with Crippen LogP contribution in [0.15, 0.2) is 53.6 Å². The number of fused-ring (bicyclic) bond motifs is 2. The first-order chi connectivity index (χ1) is 11.7. The van der Waals surface area contributed by atoms with E-state index in [-0.39, 0.29) is 18.2 Å². The summed E-state index contributed by atoms with van der Waals surface area (Å²) in [5, 5.41) is 13.0. The van der Waals surface area contributed by atoms with Crippen molar-refractivity contribution in [1.29, 1.82) is 0 Å². The lowest BCUT2D eigenvalue weighted by molar-refractivity contribution is -0.120. The molecule has 2 aromatic carbocycles. The smallest absolute Gasteiger partial charge is 0.238 e. The average molecular weight is 338 g/mol. The first-order valence-electron chi connectivity index (χ1n) is 7.48. The minimum absolute atomic E-state index is 0.119. The Morgan fingerprint density at radius 1 is 1.25 bits per heavy atom. The van der Waals surface area contributed by atoms with Crippen molar-refractivity contribution in [3.63, 3.8) is 0 Å². The third-order valence-corrected chi connectivity index (χ3v) is 5.08. The first-order valence-corrected chi connectivity index (χ1v) is 8.36. The van der Waals surface area contributed by atoms with Gasteiger partial charge in [-0.1, -0.05) is 12.1 Å². The monoisotopic (exact) mass is 338 g/mol. The Labute approximate surface area is 142 Å². The Balaban J connectivity index is 1.45. The van der Waals surface area contributed by atoms with Gasteiger partial charge in [-0.3, -0.25) is 14.7 Å². The van der Waals surface area contributed by atoms with Gasteiger partial charge >= 0.3 is 0 Å². The zero-order valence-electron chi connectivity index (χ0n) is 12.6. The number of nitrogens with zero attached hydrogens (tertiary/aromatic N) is 1. The molecule has 1 aliphatic heterocycles. The van der Waals surface area contributed by atoms with Gasteiger partial charge in [-0.2, -0.15) is 5.10 Å². The van der Waals surface area contributed by atoms with Crippen molar-refractivity contribution in [2.45, 2.75) is 16.6 Å². The van der Waals surface area contributed by atoms with Gasteiger partial charge < -0.3 is 10.6 Å². The number of amides is 2. The Morgan fingerprint density at radius 3 is 3.04 bits per heavy atom. The largest absolute Gasteiger partial charge is 0.326 e. The standard InChI is InChI=1S/C17H14N4O2S/c22-16(19-11-5-6-12-10(7-11)9-18-21-12)8-15-17(23)20-13-3-1-2-4-14(13)24-15/h1-7,9,15H,8H2,(H,18,21)(H,19,22)(H,20,23)/t15-/m1/s1. The molecule has 4 rings (SSSR count). The second-order valence-electron chi connectivity index (χ2n) is 5.52. The molecule has 1 atom stereocenters. The van der Waals surface area contributed by atoms with Gasteiger partial charge in [0, 0.05) is 22.4 Å². The van der Waals surface area contributed by atoms with E-state index in [0.29, 0.717) is 5.69 Å². The molecule has 0 bridgehead atoms. The summed E-state index contributed by atoms with van der Waals surface area (Å²) in [6.07, 6.45) is 1.82. The van der Waals surface area contributed by atoms with Gasteiger partial charge in [0.2, 0.25) is 11.8 Å². The van der Waals surface area contributed by atoms with Gasteiger partial charge in [0.25, 0.3) is 0 Å². The summed E-state index contributed by atoms with van der Waals surface area (Å²) < 4.78 is 0. The van der Waals surface area contributed by atoms with Crippen LogP contribution in [0.4, 0.5) is 11.4 Å². The number of aromatic nitrogens is 2. The lowest BCUT2D eigenvalue weighted by Gasteiger charge is -2.23. The minimum atomic E-state index is -0.433. The number of carbonyl (C=O) groups excluding carboxylic acids is 2. The third kappa shape index (κ3) is 2.85. The Kier molecular flexibility index (Phi) is 3.70. The predicted octanol–water partition coefficient (Wildman–Crippen LogP) is 3.00. The van der Waals surface area contributed by atoms with E-state index < -0.39 is 5.25 Å². The van der Waals surface area contributed by atoms with E-state index in [0.717, 1.165) is 21.5 Å². The third-order valence-electron chi connectivity index (χ3n) is 3.80. The second-order valence-corrected chi connectivity index (χ2v) is 6.76. The Hall–Kier alpha value is -2.80. The van der Waals surface area contributed by atoms with Crippen LogP contribution in [0.25, 0.3) is 10.9 Å². The van der Waals surface area contributed by atoms with E-state index in [9.17, 15) is 9.59 Å². The number of hydrogen-bond acceptors (Lipinski definition) is 4. The molecule has 2 heterocycles. The SMILES string of the molecule is O=C(C[C@H]1Sc2ccccc2NC1=O)Nc1ccc2[nH]ncc2c1. The summed E-state index contributed by atoms with van der Waals surface area (Å²) >= 11 is 1.42. The molecule has 3 aromatic rings. The lowest BCUT2D eigenvalue weighted by atomic mass is 10.2. The van der Waals surface area contributed by atoms with Gasteiger partial charge in [-0.25, -0.2) is 0 Å². The number of carbonyl (C=O) groups is 2. The summed E-state index contributed by atoms with van der Waals surface area (Å²) in [5.74, 6) is -0.330. The highest BCUT2D eigenvalue weighted by Crippen LogP contribution is 2.36. The summed E-state index contributed by atoms with van der Waals surface area (Å²) in [6, 6.07) is 13.1. The van der Waals surface area contributed by atoms with Gasteiger partial charge in [0.15, 0.2) is 0 Å². The maximum Gasteiger partial charge on any atom is 0.238 e. The van der Waals surface area contributed by atoms with Crippen LogP contribution in [0.1, 0.15) is 6.42 Å². The van der Waals surface area contributed by atoms with Crippen molar-refractivity contribution >= 4 is 45.9 Å². The number of benzene rings is 2. The number of para-hydroxylation sites is 1. The van der Waals surface area contributed by atoms with Crippen molar-refractivity contribution < 1.29 is 9.59 Å². The molecular weight excluding hydrogens is 324 g/mol. The number of aromatic amines is 1. The molecule has 6 nitrogen and oxygen atoms in total. The quantitative estimate of drug-likeness (QED) is 0.685. The number of hydrogen-bond donors (Lipinski definition) is 3. The summed E-state index contributed by atoms with van der Waals surface area (Å²) in [7, 11) is 0. The van der Waals surface area contributed by atoms with Crippen molar-refractivity contribution in [3.05, 3.63) is 48.7 Å². The fourth-order valence-electron chi connectivity index (χ4n) is 2.63. The molecule has 0 spiro atoms. The number of thioether (sulfide) groups is 1. The van der Waals surface area contributed by atoms with E-state index >= 15 is 0 Å². The van der Waals surface area contributed by atoms with Crippen molar-refractivity contribution in [1.82, 2.24) is 10.2 Å². The molecule has 0 fully saturated rings. The first kappa shape index (κ1) is 14.8. The summed E-state index contributed by atoms with van der Waals surface area (Å²) in [5.41, 5.74) is 2.40. The van der Waals surface area contributed by atoms with Crippen LogP contribution >= 0.6 is 11.8 Å². The van der Waals surface area contributed by atoms with Gasteiger partial charge in [0.05, 0.1) is 22.7 Å². The predicted molar refractivity (Wildman–Crippen MR) is 94.1 cm³/mol. The molecule has 0 radical (unpaired) electrons. The van der Waals surface area contributed by atoms with Crippen LogP contribution in [0.5, 0.6) is 0 Å². The molecule has 0 saturated carbocycles. The number of rotatable bonds is 3. The van der Waals surface area contributed by atoms with Crippen molar-refractivity contribution in [2.24, 2.45) is 0 Å². The Morgan fingerprint density at radius 2 is 2.12 bits per heavy atom. The van der Waals surface area contributed by atoms with Gasteiger partial charge in [0.1, 0.15) is 0 Å². The van der Waals surface area contributed by atoms with E-state index in [1.807, 2.05) is 42.5 Å². The highest BCUT2D eigenvalue weighted by Gasteiger charge is 2.28. The maximum atomic E-state index is 12.3. The van der Waals surface area contributed by atoms with E-state index in [2.05, 4.69) is 20.8 Å². The molecule has 2 amide bonds. The van der Waals surface area contributed by atoms with Crippen LogP contribution in [-0.2, 0) is 9.59 Å². The molecule has 0 unspecified atom stereocenters. The van der Waals surface area contributed by atoms with Crippen molar-refractivity contribution in [2.75, 3.05) is 10.6 Å². The van der Waals surface area contributed by atoms with Gasteiger partial charge in [-0.15, -0.1) is 11.8 Å². The zero-order chi connectivity index (χ0) is 16.5. The molecule has 120 valence electrons. The molecule has 1 aliphatic rings. The normalized spacial score (nSPS) is 16.5. The molecule has 0 aliphatic carbocycles. The van der Waals surface area contributed by atoms with Crippen molar-refractivity contribution in [3.8, 4) is 0 Å². The maximum absolute atomic E-state index is 12.3. The lowest BCUT2D eigenvalue weighted by Crippen LogP contribution is -2.32. The number of nitrogens with one attached hydrogen (secondary N) is 3. The zero-order valence-corrected chi connectivity index (χ0v) is 13.4.